The van der Waals surface area contributed by atoms with Gasteiger partial charge in [-0.3, -0.25) is 4.40 Å². The zero-order chi connectivity index (χ0) is 36.7. The highest BCUT2D eigenvalue weighted by Gasteiger charge is 2.50. The molecule has 1 aliphatic rings. The number of para-hydroxylation sites is 4. The van der Waals surface area contributed by atoms with Gasteiger partial charge in [-0.1, -0.05) is 161 Å². The Morgan fingerprint density at radius 1 is 0.537 bits per heavy atom. The summed E-state index contributed by atoms with van der Waals surface area (Å²) >= 11 is 1.90. The molecular weight excluding hydrogens is 697 g/mol. The van der Waals surface area contributed by atoms with Gasteiger partial charge in [-0.25, -0.2) is 24.5 Å². The van der Waals surface area contributed by atoms with Crippen molar-refractivity contribution in [3.8, 4) is 5.95 Å². The average molecular weight is 735 g/mol. The van der Waals surface area contributed by atoms with Gasteiger partial charge in [-0.2, -0.15) is 0 Å². The number of rotatable bonds is 5. The normalized spacial score (nSPS) is 14.9. The van der Waals surface area contributed by atoms with Crippen LogP contribution in [-0.2, 0) is 10.8 Å². The lowest BCUT2D eigenvalue weighted by atomic mass is 9.61. The largest absolute Gasteiger partial charge is 0.276 e. The number of benzene rings is 6. The summed E-state index contributed by atoms with van der Waals surface area (Å²) < 4.78 is 4.31. The van der Waals surface area contributed by atoms with Crippen LogP contribution in [0.1, 0.15) is 38.8 Å². The number of aromatic nitrogens is 6. The maximum Gasteiger partial charge on any atom is 0.239 e. The molecule has 0 saturated heterocycles. The minimum Gasteiger partial charge on any atom is -0.276 e. The van der Waals surface area contributed by atoms with Gasteiger partial charge in [0, 0.05) is 9.79 Å². The van der Waals surface area contributed by atoms with Crippen LogP contribution in [0.2, 0.25) is 0 Å². The van der Waals surface area contributed by atoms with Crippen LogP contribution >= 0.6 is 11.8 Å². The van der Waals surface area contributed by atoms with Crippen molar-refractivity contribution < 1.29 is 0 Å². The molecule has 0 spiro atoms. The maximum absolute atomic E-state index is 5.61. The van der Waals surface area contributed by atoms with Crippen molar-refractivity contribution in [2.24, 2.45) is 0 Å². The molecule has 0 radical (unpaired) electrons. The van der Waals surface area contributed by atoms with E-state index in [0.717, 1.165) is 33.3 Å². The molecular formula is C46H38N6SSi. The highest BCUT2D eigenvalue weighted by molar-refractivity contribution is 7.99. The van der Waals surface area contributed by atoms with E-state index in [-0.39, 0.29) is 10.8 Å². The van der Waals surface area contributed by atoms with Crippen LogP contribution in [0.3, 0.4) is 0 Å². The van der Waals surface area contributed by atoms with Gasteiger partial charge in [-0.15, -0.1) is 0 Å². The van der Waals surface area contributed by atoms with Gasteiger partial charge in [0.25, 0.3) is 0 Å². The quantitative estimate of drug-likeness (QED) is 0.134. The third kappa shape index (κ3) is 4.53. The zero-order valence-electron chi connectivity index (χ0n) is 30.6. The SMILES string of the molecule is CC1(C)c2ccccc2Sc2c(cccc2[Si](c2ccccc2)(c2ccccc2)c2ncnc(-n3c4ccccc4n4c5ccccc5nc34)n2)C1(C)C. The average Bonchev–Trinajstić information content (AvgIpc) is 3.72. The van der Waals surface area contributed by atoms with Gasteiger partial charge in [0.05, 0.1) is 22.1 Å². The minimum absolute atomic E-state index is 0.140. The summed E-state index contributed by atoms with van der Waals surface area (Å²) in [6.45, 7) is 9.61. The van der Waals surface area contributed by atoms with E-state index in [1.165, 1.54) is 36.5 Å². The first-order valence-corrected chi connectivity index (χ1v) is 21.2. The predicted molar refractivity (Wildman–Crippen MR) is 223 cm³/mol. The molecule has 0 aliphatic carbocycles. The molecule has 0 saturated carbocycles. The van der Waals surface area contributed by atoms with Crippen molar-refractivity contribution in [1.29, 1.82) is 0 Å². The van der Waals surface area contributed by atoms with Gasteiger partial charge in [-0.05, 0) is 67.8 Å². The van der Waals surface area contributed by atoms with Crippen LogP contribution in [0.25, 0.3) is 33.8 Å². The van der Waals surface area contributed by atoms with Crippen molar-refractivity contribution in [2.75, 3.05) is 0 Å². The molecule has 262 valence electrons. The van der Waals surface area contributed by atoms with E-state index in [0.29, 0.717) is 5.95 Å². The lowest BCUT2D eigenvalue weighted by Crippen LogP contribution is -2.76. The Hall–Kier alpha value is -5.83. The van der Waals surface area contributed by atoms with Gasteiger partial charge in [0.1, 0.15) is 11.8 Å². The Labute approximate surface area is 319 Å². The third-order valence-electron chi connectivity index (χ3n) is 12.0. The molecule has 6 aromatic carbocycles. The molecule has 0 N–H and O–H groups in total. The van der Waals surface area contributed by atoms with Crippen molar-refractivity contribution >= 4 is 68.7 Å². The molecule has 3 aromatic heterocycles. The Morgan fingerprint density at radius 2 is 1.13 bits per heavy atom. The van der Waals surface area contributed by atoms with Gasteiger partial charge < -0.3 is 0 Å². The van der Waals surface area contributed by atoms with Gasteiger partial charge in [0.15, 0.2) is 0 Å². The second kappa shape index (κ2) is 12.1. The molecule has 0 bridgehead atoms. The lowest BCUT2D eigenvalue weighted by molar-refractivity contribution is 0.296. The summed E-state index contributed by atoms with van der Waals surface area (Å²) in [6, 6.07) is 54.5. The Balaban J connectivity index is 1.32. The second-order valence-electron chi connectivity index (χ2n) is 15.2. The fraction of sp³-hybridized carbons (Fsp3) is 0.130. The van der Waals surface area contributed by atoms with Crippen LogP contribution in [0.5, 0.6) is 0 Å². The van der Waals surface area contributed by atoms with Crippen molar-refractivity contribution in [1.82, 2.24) is 28.9 Å². The van der Waals surface area contributed by atoms with Gasteiger partial charge in [0.2, 0.25) is 19.8 Å². The summed E-state index contributed by atoms with van der Waals surface area (Å²) in [6.07, 6.45) is 1.70. The Bertz CT molecular complexity index is 2840. The van der Waals surface area contributed by atoms with E-state index in [1.807, 2.05) is 17.8 Å². The smallest absolute Gasteiger partial charge is 0.239 e. The summed E-state index contributed by atoms with van der Waals surface area (Å²) in [7, 11) is -3.27. The standard InChI is InChI=1S/C46H38N6SSi/c1-45(2)33-22-11-16-28-39(33)53-41-34(46(45,3)4)23-17-29-40(41)54(31-18-7-5-8-19-31,32-20-9-6-10-21-32)43-48-30-47-42(50-43)52-38-27-15-14-26-37(38)51-36-25-13-12-24-35(36)49-44(51)52/h5-30H,1-4H3. The summed E-state index contributed by atoms with van der Waals surface area (Å²) in [5, 5.41) is 3.70. The molecule has 9 aromatic rings. The summed E-state index contributed by atoms with van der Waals surface area (Å²) in [5.41, 5.74) is 7.15. The minimum atomic E-state index is -3.27. The molecule has 6 nitrogen and oxygen atoms in total. The number of hydrogen-bond acceptors (Lipinski definition) is 5. The van der Waals surface area contributed by atoms with Crippen LogP contribution in [0.4, 0.5) is 0 Å². The van der Waals surface area contributed by atoms with Crippen molar-refractivity contribution in [3.05, 3.63) is 169 Å². The number of nitrogens with zero attached hydrogens (tertiary/aromatic N) is 6. The first-order valence-electron chi connectivity index (χ1n) is 18.4. The highest BCUT2D eigenvalue weighted by Crippen LogP contribution is 2.53. The lowest BCUT2D eigenvalue weighted by Gasteiger charge is -2.43. The van der Waals surface area contributed by atoms with E-state index >= 15 is 0 Å². The van der Waals surface area contributed by atoms with Crippen LogP contribution in [-0.4, -0.2) is 37.0 Å². The van der Waals surface area contributed by atoms with E-state index in [9.17, 15) is 0 Å². The summed E-state index contributed by atoms with van der Waals surface area (Å²) in [4.78, 5) is 23.5. The van der Waals surface area contributed by atoms with Gasteiger partial charge >= 0.3 is 0 Å². The third-order valence-corrected chi connectivity index (χ3v) is 18.0. The number of imidazole rings is 2. The first kappa shape index (κ1) is 32.8. The van der Waals surface area contributed by atoms with Crippen molar-refractivity contribution in [2.45, 2.75) is 48.3 Å². The van der Waals surface area contributed by atoms with Crippen LogP contribution in [0, 0.1) is 0 Å². The molecule has 1 aliphatic heterocycles. The molecule has 8 heteroatoms. The monoisotopic (exact) mass is 734 g/mol. The number of fused-ring (bicyclic) bond motifs is 7. The molecule has 10 rings (SSSR count). The van der Waals surface area contributed by atoms with E-state index in [2.05, 4.69) is 182 Å². The topological polar surface area (TPSA) is 60.9 Å². The molecule has 0 fully saturated rings. The molecule has 0 atom stereocenters. The Morgan fingerprint density at radius 3 is 1.87 bits per heavy atom. The maximum atomic E-state index is 5.61. The van der Waals surface area contributed by atoms with E-state index < -0.39 is 8.07 Å². The van der Waals surface area contributed by atoms with Crippen molar-refractivity contribution in [3.63, 3.8) is 0 Å². The number of hydrogen-bond donors (Lipinski definition) is 0. The first-order chi connectivity index (χ1) is 26.3. The fourth-order valence-corrected chi connectivity index (χ4v) is 15.1. The summed E-state index contributed by atoms with van der Waals surface area (Å²) in [5.74, 6) is 1.32. The van der Waals surface area contributed by atoms with Crippen LogP contribution in [0.15, 0.2) is 168 Å². The van der Waals surface area contributed by atoms with E-state index in [4.69, 9.17) is 19.9 Å². The molecule has 54 heavy (non-hydrogen) atoms. The van der Waals surface area contributed by atoms with Crippen LogP contribution < -0.4 is 21.0 Å². The van der Waals surface area contributed by atoms with E-state index in [1.54, 1.807) is 6.33 Å². The predicted octanol–water partition coefficient (Wildman–Crippen LogP) is 7.71. The Kier molecular flexibility index (Phi) is 7.34. The molecule has 0 unspecified atom stereocenters. The second-order valence-corrected chi connectivity index (χ2v) is 19.9. The molecule has 0 amide bonds. The molecule has 4 heterocycles. The zero-order valence-corrected chi connectivity index (χ0v) is 32.4. The fourth-order valence-electron chi connectivity index (χ4n) is 8.65. The highest BCUT2D eigenvalue weighted by atomic mass is 32.2.